The number of amides is 1. The summed E-state index contributed by atoms with van der Waals surface area (Å²) in [7, 11) is 1.76. The van der Waals surface area contributed by atoms with Crippen molar-refractivity contribution < 1.29 is 9.53 Å². The van der Waals surface area contributed by atoms with Gasteiger partial charge in [-0.05, 0) is 42.2 Å². The van der Waals surface area contributed by atoms with Crippen molar-refractivity contribution in [3.8, 4) is 17.3 Å². The maximum absolute atomic E-state index is 12.1. The molecule has 1 amide bonds. The normalized spacial score (nSPS) is 16.0. The van der Waals surface area contributed by atoms with Gasteiger partial charge in [-0.15, -0.1) is 0 Å². The number of nitrogens with one attached hydrogen (secondary N) is 1. The lowest BCUT2D eigenvalue weighted by Crippen LogP contribution is -2.50. The number of likely N-dealkylation sites (tertiary alicyclic amines) is 1. The van der Waals surface area contributed by atoms with E-state index in [0.717, 1.165) is 55.1 Å². The Bertz CT molecular complexity index is 1220. The number of anilines is 1. The summed E-state index contributed by atoms with van der Waals surface area (Å²) in [6.07, 6.45) is 4.59. The van der Waals surface area contributed by atoms with Gasteiger partial charge in [0.1, 0.15) is 11.9 Å². The van der Waals surface area contributed by atoms with Crippen molar-refractivity contribution in [2.75, 3.05) is 25.5 Å². The Morgan fingerprint density at radius 1 is 1.15 bits per heavy atom. The minimum atomic E-state index is -0.0105. The van der Waals surface area contributed by atoms with Crippen LogP contribution in [-0.4, -0.2) is 47.1 Å². The molecular weight excluding hydrogens is 426 g/mol. The van der Waals surface area contributed by atoms with Gasteiger partial charge in [0.15, 0.2) is 0 Å². The van der Waals surface area contributed by atoms with E-state index in [1.807, 2.05) is 12.1 Å². The molecule has 3 aromatic rings. The van der Waals surface area contributed by atoms with Crippen molar-refractivity contribution in [3.05, 3.63) is 77.2 Å². The molecule has 2 aromatic carbocycles. The standard InChI is InChI=1S/C27H27N5O2/c1-34-23-16-32(17-23)15-19-4-2-18(3-5-19)12-26-29-11-10-25(30-26)21-8-9-24(22(13-21)14-28)31-27(33)20-6-7-20/h2-5,8-11,13,20,23H,6-7,12,15-17H2,1H3,(H,31,33). The summed E-state index contributed by atoms with van der Waals surface area (Å²) in [5.41, 5.74) is 4.99. The van der Waals surface area contributed by atoms with E-state index in [1.54, 1.807) is 25.4 Å². The van der Waals surface area contributed by atoms with Gasteiger partial charge in [0.2, 0.25) is 5.91 Å². The fraction of sp³-hybridized carbons (Fsp3) is 0.333. The van der Waals surface area contributed by atoms with E-state index in [4.69, 9.17) is 9.72 Å². The van der Waals surface area contributed by atoms with Crippen LogP contribution >= 0.6 is 0 Å². The first-order valence-electron chi connectivity index (χ1n) is 11.6. The zero-order chi connectivity index (χ0) is 23.5. The van der Waals surface area contributed by atoms with Crippen LogP contribution in [0.25, 0.3) is 11.3 Å². The van der Waals surface area contributed by atoms with Crippen LogP contribution in [0.4, 0.5) is 5.69 Å². The molecule has 2 fully saturated rings. The van der Waals surface area contributed by atoms with E-state index in [1.165, 1.54) is 5.56 Å². The van der Waals surface area contributed by atoms with Crippen molar-refractivity contribution >= 4 is 11.6 Å². The van der Waals surface area contributed by atoms with Gasteiger partial charge in [-0.1, -0.05) is 30.3 Å². The molecule has 2 aliphatic rings. The summed E-state index contributed by atoms with van der Waals surface area (Å²) in [5.74, 6) is 0.799. The number of carbonyl (C=O) groups is 1. The van der Waals surface area contributed by atoms with E-state index < -0.39 is 0 Å². The second kappa shape index (κ2) is 9.72. The molecule has 0 bridgehead atoms. The molecule has 1 N–H and O–H groups in total. The van der Waals surface area contributed by atoms with Gasteiger partial charge in [0, 0.05) is 50.8 Å². The van der Waals surface area contributed by atoms with E-state index >= 15 is 0 Å². The second-order valence-electron chi connectivity index (χ2n) is 9.04. The van der Waals surface area contributed by atoms with Crippen LogP contribution in [0.5, 0.6) is 0 Å². The lowest BCUT2D eigenvalue weighted by molar-refractivity contribution is -0.117. The van der Waals surface area contributed by atoms with E-state index in [-0.39, 0.29) is 11.8 Å². The number of benzene rings is 2. The van der Waals surface area contributed by atoms with Crippen molar-refractivity contribution in [2.45, 2.75) is 31.9 Å². The average molecular weight is 454 g/mol. The molecular formula is C27H27N5O2. The Morgan fingerprint density at radius 3 is 2.62 bits per heavy atom. The van der Waals surface area contributed by atoms with Crippen LogP contribution < -0.4 is 5.32 Å². The Morgan fingerprint density at radius 2 is 1.91 bits per heavy atom. The van der Waals surface area contributed by atoms with Crippen LogP contribution in [0.1, 0.15) is 35.4 Å². The summed E-state index contributed by atoms with van der Waals surface area (Å²) in [6.45, 7) is 2.91. The molecule has 172 valence electrons. The maximum Gasteiger partial charge on any atom is 0.227 e. The molecule has 1 saturated carbocycles. The zero-order valence-electron chi connectivity index (χ0n) is 19.2. The van der Waals surface area contributed by atoms with Crippen molar-refractivity contribution in [1.29, 1.82) is 5.26 Å². The third kappa shape index (κ3) is 5.14. The van der Waals surface area contributed by atoms with Crippen molar-refractivity contribution in [2.24, 2.45) is 5.92 Å². The summed E-state index contributed by atoms with van der Waals surface area (Å²) in [4.78, 5) is 23.6. The first-order valence-corrected chi connectivity index (χ1v) is 11.6. The lowest BCUT2D eigenvalue weighted by atomic mass is 10.0. The minimum absolute atomic E-state index is 0.0105. The zero-order valence-corrected chi connectivity index (χ0v) is 19.2. The SMILES string of the molecule is COC1CN(Cc2ccc(Cc3nccc(-c4ccc(NC(=O)C5CC5)c(C#N)c4)n3)cc2)C1. The maximum atomic E-state index is 12.1. The van der Waals surface area contributed by atoms with Crippen LogP contribution in [0.15, 0.2) is 54.7 Å². The Balaban J connectivity index is 1.25. The first-order chi connectivity index (χ1) is 16.6. The molecule has 0 radical (unpaired) electrons. The monoisotopic (exact) mass is 453 g/mol. The Labute approximate surface area is 199 Å². The fourth-order valence-corrected chi connectivity index (χ4v) is 4.13. The molecule has 0 spiro atoms. The van der Waals surface area contributed by atoms with E-state index in [2.05, 4.69) is 45.5 Å². The third-order valence-corrected chi connectivity index (χ3v) is 6.40. The predicted molar refractivity (Wildman–Crippen MR) is 129 cm³/mol. The number of methoxy groups -OCH3 is 1. The Kier molecular flexibility index (Phi) is 6.35. The van der Waals surface area contributed by atoms with Gasteiger partial charge >= 0.3 is 0 Å². The molecule has 1 aromatic heterocycles. The van der Waals surface area contributed by atoms with Gasteiger partial charge < -0.3 is 10.1 Å². The minimum Gasteiger partial charge on any atom is -0.379 e. The van der Waals surface area contributed by atoms with Gasteiger partial charge in [-0.25, -0.2) is 9.97 Å². The quantitative estimate of drug-likeness (QED) is 0.558. The number of carbonyl (C=O) groups excluding carboxylic acids is 1. The topological polar surface area (TPSA) is 91.1 Å². The van der Waals surface area contributed by atoms with Crippen molar-refractivity contribution in [1.82, 2.24) is 14.9 Å². The van der Waals surface area contributed by atoms with Gasteiger partial charge in [-0.2, -0.15) is 5.26 Å². The van der Waals surface area contributed by atoms with Crippen LogP contribution in [0, 0.1) is 17.2 Å². The van der Waals surface area contributed by atoms with E-state index in [9.17, 15) is 10.1 Å². The molecule has 2 heterocycles. The third-order valence-electron chi connectivity index (χ3n) is 6.40. The molecule has 34 heavy (non-hydrogen) atoms. The average Bonchev–Trinajstić information content (AvgIpc) is 3.68. The first kappa shape index (κ1) is 22.2. The summed E-state index contributed by atoms with van der Waals surface area (Å²) in [5, 5.41) is 12.5. The number of nitriles is 1. The molecule has 1 aliphatic heterocycles. The molecule has 5 rings (SSSR count). The Hall–Kier alpha value is -3.60. The van der Waals surface area contributed by atoms with E-state index in [0.29, 0.717) is 23.8 Å². The highest BCUT2D eigenvalue weighted by Gasteiger charge is 2.30. The van der Waals surface area contributed by atoms with Crippen LogP contribution in [0.3, 0.4) is 0 Å². The molecule has 7 heteroatoms. The smallest absolute Gasteiger partial charge is 0.227 e. The van der Waals surface area contributed by atoms with Crippen LogP contribution in [0.2, 0.25) is 0 Å². The largest absolute Gasteiger partial charge is 0.379 e. The van der Waals surface area contributed by atoms with Gasteiger partial charge in [0.25, 0.3) is 0 Å². The number of ether oxygens (including phenoxy) is 1. The highest BCUT2D eigenvalue weighted by atomic mass is 16.5. The molecule has 7 nitrogen and oxygen atoms in total. The van der Waals surface area contributed by atoms with Gasteiger partial charge in [-0.3, -0.25) is 9.69 Å². The van der Waals surface area contributed by atoms with Crippen molar-refractivity contribution in [3.63, 3.8) is 0 Å². The summed E-state index contributed by atoms with van der Waals surface area (Å²) >= 11 is 0. The molecule has 1 saturated heterocycles. The lowest BCUT2D eigenvalue weighted by Gasteiger charge is -2.38. The second-order valence-corrected chi connectivity index (χ2v) is 9.04. The molecule has 0 atom stereocenters. The highest BCUT2D eigenvalue weighted by molar-refractivity contribution is 5.95. The summed E-state index contributed by atoms with van der Waals surface area (Å²) < 4.78 is 5.34. The number of hydrogen-bond donors (Lipinski definition) is 1. The highest BCUT2D eigenvalue weighted by Crippen LogP contribution is 2.31. The fourth-order valence-electron chi connectivity index (χ4n) is 4.13. The number of nitrogens with zero attached hydrogens (tertiary/aromatic N) is 4. The van der Waals surface area contributed by atoms with Crippen LogP contribution in [-0.2, 0) is 22.5 Å². The number of hydrogen-bond acceptors (Lipinski definition) is 6. The van der Waals surface area contributed by atoms with Gasteiger partial charge in [0.05, 0.1) is 23.0 Å². The summed E-state index contributed by atoms with van der Waals surface area (Å²) in [6, 6.07) is 18.0. The predicted octanol–water partition coefficient (Wildman–Crippen LogP) is 3.79. The molecule has 0 unspecified atom stereocenters. The number of aromatic nitrogens is 2. The molecule has 1 aliphatic carbocycles. The number of rotatable bonds is 8.